The van der Waals surface area contributed by atoms with Crippen LogP contribution in [-0.4, -0.2) is 50.0 Å². The lowest BCUT2D eigenvalue weighted by atomic mass is 10.1. The van der Waals surface area contributed by atoms with Gasteiger partial charge in [-0.05, 0) is 38.0 Å². The number of carbonyl (C=O) groups is 2. The van der Waals surface area contributed by atoms with E-state index in [1.54, 1.807) is 37.3 Å². The number of para-hydroxylation sites is 1. The Labute approximate surface area is 185 Å². The molecule has 0 spiro atoms. The Morgan fingerprint density at radius 2 is 1.52 bits per heavy atom. The highest BCUT2D eigenvalue weighted by molar-refractivity contribution is 7.92. The van der Waals surface area contributed by atoms with Crippen LogP contribution in [0.25, 0.3) is 0 Å². The van der Waals surface area contributed by atoms with Gasteiger partial charge in [0.15, 0.2) is 0 Å². The lowest BCUT2D eigenvalue weighted by Crippen LogP contribution is -2.52. The molecule has 0 saturated heterocycles. The minimum absolute atomic E-state index is 0.0273. The molecule has 0 heterocycles. The summed E-state index contributed by atoms with van der Waals surface area (Å²) < 4.78 is 25.9. The molecule has 0 saturated carbocycles. The largest absolute Gasteiger partial charge is 0.352 e. The first kappa shape index (κ1) is 24.4. The molecule has 0 radical (unpaired) electrons. The molecule has 31 heavy (non-hydrogen) atoms. The third-order valence-electron chi connectivity index (χ3n) is 5.09. The van der Waals surface area contributed by atoms with E-state index in [-0.39, 0.29) is 18.5 Å². The summed E-state index contributed by atoms with van der Waals surface area (Å²) in [4.78, 5) is 27.5. The van der Waals surface area contributed by atoms with Gasteiger partial charge in [-0.25, -0.2) is 8.42 Å². The number of rotatable bonds is 10. The molecule has 8 heteroatoms. The Morgan fingerprint density at radius 1 is 0.968 bits per heavy atom. The zero-order chi connectivity index (χ0) is 23.0. The van der Waals surface area contributed by atoms with Crippen LogP contribution in [0.15, 0.2) is 60.7 Å². The van der Waals surface area contributed by atoms with Crippen molar-refractivity contribution in [2.24, 2.45) is 0 Å². The van der Waals surface area contributed by atoms with Gasteiger partial charge in [0, 0.05) is 12.6 Å². The van der Waals surface area contributed by atoms with Crippen LogP contribution in [0.1, 0.15) is 32.8 Å². The number of anilines is 1. The van der Waals surface area contributed by atoms with Crippen LogP contribution in [0.3, 0.4) is 0 Å². The van der Waals surface area contributed by atoms with Crippen LogP contribution in [0.5, 0.6) is 0 Å². The van der Waals surface area contributed by atoms with E-state index in [4.69, 9.17) is 0 Å². The molecule has 0 aliphatic heterocycles. The van der Waals surface area contributed by atoms with Gasteiger partial charge in [-0.1, -0.05) is 55.5 Å². The topological polar surface area (TPSA) is 86.8 Å². The van der Waals surface area contributed by atoms with Crippen molar-refractivity contribution in [3.05, 3.63) is 66.2 Å². The monoisotopic (exact) mass is 445 g/mol. The summed E-state index contributed by atoms with van der Waals surface area (Å²) in [6.45, 7) is 5.32. The Morgan fingerprint density at radius 3 is 2.03 bits per heavy atom. The van der Waals surface area contributed by atoms with Crippen LogP contribution >= 0.6 is 0 Å². The summed E-state index contributed by atoms with van der Waals surface area (Å²) in [7, 11) is -3.70. The number of hydrogen-bond acceptors (Lipinski definition) is 4. The molecule has 7 nitrogen and oxygen atoms in total. The maximum Gasteiger partial charge on any atom is 0.244 e. The van der Waals surface area contributed by atoms with E-state index in [2.05, 4.69) is 5.32 Å². The Bertz CT molecular complexity index is 965. The maximum atomic E-state index is 13.3. The van der Waals surface area contributed by atoms with Crippen molar-refractivity contribution in [1.82, 2.24) is 10.2 Å². The first-order valence-electron chi connectivity index (χ1n) is 10.3. The molecule has 2 aromatic carbocycles. The molecule has 0 aromatic heterocycles. The summed E-state index contributed by atoms with van der Waals surface area (Å²) in [6.07, 6.45) is 1.83. The van der Waals surface area contributed by atoms with Crippen LogP contribution in [0, 0.1) is 0 Å². The first-order chi connectivity index (χ1) is 14.6. The third-order valence-corrected chi connectivity index (χ3v) is 6.23. The normalized spacial score (nSPS) is 13.2. The average Bonchev–Trinajstić information content (AvgIpc) is 2.75. The zero-order valence-corrected chi connectivity index (χ0v) is 19.3. The summed E-state index contributed by atoms with van der Waals surface area (Å²) >= 11 is 0. The van der Waals surface area contributed by atoms with Crippen molar-refractivity contribution in [3.63, 3.8) is 0 Å². The molecule has 2 atom stereocenters. The van der Waals surface area contributed by atoms with Crippen LogP contribution < -0.4 is 9.62 Å². The predicted octanol–water partition coefficient (Wildman–Crippen LogP) is 2.78. The second-order valence-corrected chi connectivity index (χ2v) is 9.51. The molecule has 0 bridgehead atoms. The Hall–Kier alpha value is -2.87. The van der Waals surface area contributed by atoms with Gasteiger partial charge in [0.25, 0.3) is 0 Å². The van der Waals surface area contributed by atoms with Crippen molar-refractivity contribution < 1.29 is 18.0 Å². The highest BCUT2D eigenvalue weighted by atomic mass is 32.2. The van der Waals surface area contributed by atoms with Crippen LogP contribution in [0.4, 0.5) is 5.69 Å². The molecule has 168 valence electrons. The van der Waals surface area contributed by atoms with Gasteiger partial charge >= 0.3 is 0 Å². The number of carbonyl (C=O) groups excluding carboxylic acids is 2. The third kappa shape index (κ3) is 7.10. The minimum atomic E-state index is -3.70. The number of amides is 2. The molecular weight excluding hydrogens is 414 g/mol. The Balaban J connectivity index is 2.32. The summed E-state index contributed by atoms with van der Waals surface area (Å²) in [5, 5.41) is 2.90. The van der Waals surface area contributed by atoms with E-state index >= 15 is 0 Å². The SMILES string of the molecule is CC[C@H](C)NC(=O)[C@H](C)N(Cc1ccccc1)C(=O)CN(c1ccccc1)S(C)(=O)=O. The quantitative estimate of drug-likeness (QED) is 0.609. The fraction of sp³-hybridized carbons (Fsp3) is 0.391. The molecule has 0 unspecified atom stereocenters. The van der Waals surface area contributed by atoms with Crippen molar-refractivity contribution >= 4 is 27.5 Å². The fourth-order valence-electron chi connectivity index (χ4n) is 3.04. The van der Waals surface area contributed by atoms with Gasteiger partial charge in [0.2, 0.25) is 21.8 Å². The molecular formula is C23H31N3O4S. The van der Waals surface area contributed by atoms with E-state index < -0.39 is 28.5 Å². The van der Waals surface area contributed by atoms with E-state index in [1.165, 1.54) is 4.90 Å². The van der Waals surface area contributed by atoms with Gasteiger partial charge in [-0.15, -0.1) is 0 Å². The molecule has 2 aromatic rings. The van der Waals surface area contributed by atoms with Crippen LogP contribution in [0.2, 0.25) is 0 Å². The fourth-order valence-corrected chi connectivity index (χ4v) is 3.89. The molecule has 2 rings (SSSR count). The standard InChI is InChI=1S/C23H31N3O4S/c1-5-18(2)24-23(28)19(3)25(16-20-12-8-6-9-13-20)22(27)17-26(31(4,29)30)21-14-10-7-11-15-21/h6-15,18-19H,5,16-17H2,1-4H3,(H,24,28)/t18-,19-/m0/s1. The molecule has 2 amide bonds. The van der Waals surface area contributed by atoms with E-state index in [9.17, 15) is 18.0 Å². The number of nitrogens with zero attached hydrogens (tertiary/aromatic N) is 2. The van der Waals surface area contributed by atoms with E-state index in [0.717, 1.165) is 22.5 Å². The van der Waals surface area contributed by atoms with E-state index in [1.807, 2.05) is 44.2 Å². The van der Waals surface area contributed by atoms with Gasteiger partial charge in [-0.3, -0.25) is 13.9 Å². The smallest absolute Gasteiger partial charge is 0.244 e. The van der Waals surface area contributed by atoms with E-state index in [0.29, 0.717) is 5.69 Å². The Kier molecular flexibility index (Phi) is 8.62. The highest BCUT2D eigenvalue weighted by Gasteiger charge is 2.30. The van der Waals surface area contributed by atoms with Crippen molar-refractivity contribution in [3.8, 4) is 0 Å². The number of benzene rings is 2. The average molecular weight is 446 g/mol. The lowest BCUT2D eigenvalue weighted by molar-refractivity contribution is -0.139. The highest BCUT2D eigenvalue weighted by Crippen LogP contribution is 2.18. The van der Waals surface area contributed by atoms with Gasteiger partial charge < -0.3 is 10.2 Å². The number of nitrogens with one attached hydrogen (secondary N) is 1. The second-order valence-electron chi connectivity index (χ2n) is 7.61. The van der Waals surface area contributed by atoms with Crippen molar-refractivity contribution in [1.29, 1.82) is 0 Å². The van der Waals surface area contributed by atoms with Gasteiger partial charge in [-0.2, -0.15) is 0 Å². The summed E-state index contributed by atoms with van der Waals surface area (Å²) in [5.74, 6) is -0.728. The number of sulfonamides is 1. The molecule has 1 N–H and O–H groups in total. The van der Waals surface area contributed by atoms with Crippen LogP contribution in [-0.2, 0) is 26.2 Å². The minimum Gasteiger partial charge on any atom is -0.352 e. The maximum absolute atomic E-state index is 13.3. The van der Waals surface area contributed by atoms with Crippen molar-refractivity contribution in [2.45, 2.75) is 45.8 Å². The lowest BCUT2D eigenvalue weighted by Gasteiger charge is -2.32. The van der Waals surface area contributed by atoms with Crippen molar-refractivity contribution in [2.75, 3.05) is 17.1 Å². The molecule has 0 aliphatic rings. The first-order valence-corrected chi connectivity index (χ1v) is 12.1. The molecule has 0 aliphatic carbocycles. The van der Waals surface area contributed by atoms with Gasteiger partial charge in [0.05, 0.1) is 11.9 Å². The second kappa shape index (κ2) is 10.9. The zero-order valence-electron chi connectivity index (χ0n) is 18.5. The summed E-state index contributed by atoms with van der Waals surface area (Å²) in [6, 6.07) is 17.0. The predicted molar refractivity (Wildman–Crippen MR) is 123 cm³/mol. The molecule has 0 fully saturated rings. The van der Waals surface area contributed by atoms with Gasteiger partial charge in [0.1, 0.15) is 12.6 Å². The summed E-state index contributed by atoms with van der Waals surface area (Å²) in [5.41, 5.74) is 1.25. The number of hydrogen-bond donors (Lipinski definition) is 1.